The lowest BCUT2D eigenvalue weighted by Crippen LogP contribution is -2.10. The van der Waals surface area contributed by atoms with Crippen LogP contribution in [0.2, 0.25) is 0 Å². The smallest absolute Gasteiger partial charge is 0.0468 e. The van der Waals surface area contributed by atoms with E-state index in [0.717, 1.165) is 79.4 Å². The fourth-order valence-electron chi connectivity index (χ4n) is 17.5. The van der Waals surface area contributed by atoms with Crippen LogP contribution in [-0.4, -0.2) is 0 Å². The van der Waals surface area contributed by atoms with Gasteiger partial charge >= 0.3 is 0 Å². The molecule has 4 nitrogen and oxygen atoms in total. The van der Waals surface area contributed by atoms with Crippen molar-refractivity contribution in [3.05, 3.63) is 485 Å². The number of anilines is 12. The maximum absolute atomic E-state index is 2.39. The molecule has 0 amide bonds. The van der Waals surface area contributed by atoms with Crippen molar-refractivity contribution in [2.24, 2.45) is 0 Å². The second-order valence-electron chi connectivity index (χ2n) is 30.9. The fourth-order valence-corrected chi connectivity index (χ4v) is 17.5. The Morgan fingerprint density at radius 3 is 0.450 bits per heavy atom. The Kier molecular flexibility index (Phi) is 19.0. The predicted molar refractivity (Wildman–Crippen MR) is 513 cm³/mol. The van der Waals surface area contributed by atoms with Gasteiger partial charge in [0.05, 0.1) is 0 Å². The SMILES string of the molecule is c1ccc(-c2cc(N(c3ccc4ccccc4c3)c3ccc4ccccc4c3)ccc2-c2ccc(N(c3ccc4ccccc4c3)c3ccc4ccccc4c3)cc2)cc1.c1ccc(-c2cc(N(c3ccc4ccccc4c3)c3ccc4ccccc4c3)ccc2-c2ccc(N(c3ccc4ccccc4c3)c3ccc4ccccc4c3)cc2)cc1. The van der Waals surface area contributed by atoms with E-state index >= 15 is 0 Å². The first kappa shape index (κ1) is 71.9. The van der Waals surface area contributed by atoms with Gasteiger partial charge in [0.15, 0.2) is 0 Å². The van der Waals surface area contributed by atoms with E-state index in [-0.39, 0.29) is 0 Å². The number of fused-ring (bicyclic) bond motifs is 8. The van der Waals surface area contributed by atoms with E-state index in [4.69, 9.17) is 0 Å². The van der Waals surface area contributed by atoms with Gasteiger partial charge in [-0.3, -0.25) is 0 Å². The van der Waals surface area contributed by atoms with E-state index in [2.05, 4.69) is 505 Å². The molecule has 0 aliphatic heterocycles. The van der Waals surface area contributed by atoms with E-state index in [1.54, 1.807) is 0 Å². The minimum atomic E-state index is 1.10. The molecule has 4 heteroatoms. The summed E-state index contributed by atoms with van der Waals surface area (Å²) in [5.74, 6) is 0. The van der Waals surface area contributed by atoms with Crippen LogP contribution >= 0.6 is 0 Å². The third-order valence-electron chi connectivity index (χ3n) is 23.5. The molecule has 564 valence electrons. The molecule has 0 unspecified atom stereocenters. The fraction of sp³-hybridized carbons (Fsp3) is 0. The van der Waals surface area contributed by atoms with Crippen molar-refractivity contribution < 1.29 is 0 Å². The zero-order chi connectivity index (χ0) is 79.7. The highest BCUT2D eigenvalue weighted by molar-refractivity contribution is 6.01. The molecule has 0 saturated heterocycles. The third kappa shape index (κ3) is 14.3. The zero-order valence-electron chi connectivity index (χ0n) is 66.0. The number of benzene rings is 22. The molecule has 0 saturated carbocycles. The molecular weight excluding hydrogens is 1450 g/mol. The lowest BCUT2D eigenvalue weighted by Gasteiger charge is -2.28. The normalized spacial score (nSPS) is 11.3. The highest BCUT2D eigenvalue weighted by atomic mass is 15.2. The molecule has 0 N–H and O–H groups in total. The highest BCUT2D eigenvalue weighted by Gasteiger charge is 2.23. The van der Waals surface area contributed by atoms with Crippen molar-refractivity contribution in [3.8, 4) is 44.5 Å². The average Bonchev–Trinajstić information content (AvgIpc) is 0.773. The Morgan fingerprint density at radius 2 is 0.242 bits per heavy atom. The van der Waals surface area contributed by atoms with Crippen molar-refractivity contribution in [2.75, 3.05) is 19.6 Å². The first-order valence-corrected chi connectivity index (χ1v) is 41.1. The summed E-state index contributed by atoms with van der Waals surface area (Å²) in [6.07, 6.45) is 0. The maximum Gasteiger partial charge on any atom is 0.0468 e. The minimum Gasteiger partial charge on any atom is -0.310 e. The molecule has 0 heterocycles. The monoisotopic (exact) mass is 1530 g/mol. The molecule has 0 spiro atoms. The third-order valence-corrected chi connectivity index (χ3v) is 23.5. The number of hydrogen-bond donors (Lipinski definition) is 0. The van der Waals surface area contributed by atoms with Gasteiger partial charge in [-0.25, -0.2) is 0 Å². The van der Waals surface area contributed by atoms with Crippen LogP contribution in [0.4, 0.5) is 68.2 Å². The van der Waals surface area contributed by atoms with Gasteiger partial charge in [0.1, 0.15) is 0 Å². The van der Waals surface area contributed by atoms with Gasteiger partial charge in [-0.1, -0.05) is 340 Å². The number of nitrogens with zero attached hydrogens (tertiary/aromatic N) is 4. The first-order chi connectivity index (χ1) is 59.4. The molecule has 120 heavy (non-hydrogen) atoms. The van der Waals surface area contributed by atoms with Gasteiger partial charge in [-0.15, -0.1) is 0 Å². The Labute approximate surface area is 699 Å². The topological polar surface area (TPSA) is 13.0 Å². The summed E-state index contributed by atoms with van der Waals surface area (Å²) < 4.78 is 0. The molecule has 0 atom stereocenters. The van der Waals surface area contributed by atoms with E-state index in [0.29, 0.717) is 0 Å². The molecule has 0 aliphatic rings. The predicted octanol–water partition coefficient (Wildman–Crippen LogP) is 33.1. The van der Waals surface area contributed by atoms with Gasteiger partial charge in [-0.2, -0.15) is 0 Å². The minimum absolute atomic E-state index is 1.10. The van der Waals surface area contributed by atoms with Gasteiger partial charge in [0, 0.05) is 68.2 Å². The van der Waals surface area contributed by atoms with Crippen LogP contribution in [0.3, 0.4) is 0 Å². The standard InChI is InChI=1S/2C58H40N2/c2*1-2-16-45(17-3-1)58-40-56(60(54-32-24-43-14-6-10-20-49(43)38-54)55-33-25-44-15-7-11-21-50(44)39-55)34-35-57(58)46-26-28-51(29-27-46)59(52-30-22-41-12-4-8-18-47(41)36-52)53-31-23-42-13-5-9-19-48(42)37-53/h2*1-40H. The van der Waals surface area contributed by atoms with Crippen molar-refractivity contribution in [1.82, 2.24) is 0 Å². The number of hydrogen-bond acceptors (Lipinski definition) is 4. The van der Waals surface area contributed by atoms with Crippen molar-refractivity contribution in [2.45, 2.75) is 0 Å². The van der Waals surface area contributed by atoms with E-state index in [1.807, 2.05) is 0 Å². The quantitative estimate of drug-likeness (QED) is 0.0956. The Balaban J connectivity index is 0.000000148. The van der Waals surface area contributed by atoms with Gasteiger partial charge in [-0.05, 0) is 276 Å². The molecular formula is C116H80N4. The van der Waals surface area contributed by atoms with Crippen LogP contribution in [-0.2, 0) is 0 Å². The maximum atomic E-state index is 2.39. The summed E-state index contributed by atoms with van der Waals surface area (Å²) in [5, 5.41) is 19.5. The molecule has 22 aromatic rings. The second kappa shape index (κ2) is 31.7. The lowest BCUT2D eigenvalue weighted by molar-refractivity contribution is 1.29. The van der Waals surface area contributed by atoms with Crippen LogP contribution in [0, 0.1) is 0 Å². The summed E-state index contributed by atoms with van der Waals surface area (Å²) >= 11 is 0. The van der Waals surface area contributed by atoms with Crippen molar-refractivity contribution in [3.63, 3.8) is 0 Å². The van der Waals surface area contributed by atoms with E-state index < -0.39 is 0 Å². The molecule has 22 aromatic carbocycles. The number of rotatable bonds is 16. The van der Waals surface area contributed by atoms with Crippen LogP contribution < -0.4 is 19.6 Å². The van der Waals surface area contributed by atoms with Gasteiger partial charge in [0.2, 0.25) is 0 Å². The molecule has 0 radical (unpaired) electrons. The summed E-state index contributed by atoms with van der Waals surface area (Å²) in [4.78, 5) is 9.52. The lowest BCUT2D eigenvalue weighted by atomic mass is 9.93. The molecule has 0 aliphatic carbocycles. The van der Waals surface area contributed by atoms with Crippen LogP contribution in [0.25, 0.3) is 131 Å². The summed E-state index contributed by atoms with van der Waals surface area (Å²) in [7, 11) is 0. The van der Waals surface area contributed by atoms with E-state index in [1.165, 1.54) is 120 Å². The van der Waals surface area contributed by atoms with Gasteiger partial charge in [0.25, 0.3) is 0 Å². The van der Waals surface area contributed by atoms with Crippen LogP contribution in [0.15, 0.2) is 485 Å². The summed E-state index contributed by atoms with van der Waals surface area (Å²) in [6.45, 7) is 0. The van der Waals surface area contributed by atoms with E-state index in [9.17, 15) is 0 Å². The Morgan fingerprint density at radius 1 is 0.0917 bits per heavy atom. The van der Waals surface area contributed by atoms with Crippen molar-refractivity contribution >= 4 is 154 Å². The Hall–Kier alpha value is -15.9. The first-order valence-electron chi connectivity index (χ1n) is 41.1. The van der Waals surface area contributed by atoms with Crippen LogP contribution in [0.5, 0.6) is 0 Å². The largest absolute Gasteiger partial charge is 0.310 e. The zero-order valence-corrected chi connectivity index (χ0v) is 66.0. The van der Waals surface area contributed by atoms with Crippen molar-refractivity contribution in [1.29, 1.82) is 0 Å². The molecule has 0 fully saturated rings. The van der Waals surface area contributed by atoms with Gasteiger partial charge < -0.3 is 19.6 Å². The summed E-state index contributed by atoms with van der Waals surface area (Å²) in [5.41, 5.74) is 22.7. The molecule has 22 rings (SSSR count). The van der Waals surface area contributed by atoms with Crippen LogP contribution in [0.1, 0.15) is 0 Å². The Bertz CT molecular complexity index is 6800. The summed E-state index contributed by atoms with van der Waals surface area (Å²) in [6, 6.07) is 176. The highest BCUT2D eigenvalue weighted by Crippen LogP contribution is 2.48. The average molecular weight is 1530 g/mol. The second-order valence-corrected chi connectivity index (χ2v) is 30.9. The molecule has 0 aromatic heterocycles. The molecule has 0 bridgehead atoms.